The Morgan fingerprint density at radius 3 is 2.29 bits per heavy atom. The Bertz CT molecular complexity index is 427. The van der Waals surface area contributed by atoms with Gasteiger partial charge in [-0.15, -0.1) is 0 Å². The highest BCUT2D eigenvalue weighted by atomic mass is 19.4. The average Bonchev–Trinajstić information content (AvgIpc) is 2.44. The van der Waals surface area contributed by atoms with E-state index in [9.17, 15) is 18.0 Å². The predicted octanol–water partition coefficient (Wildman–Crippen LogP) is 2.39. The standard InChI is InChI=1S/C11H15F3N2O/c1-10(2,3)9-7(6-16(4)15-9)5-8(17)11(12,13)14/h6H,5H2,1-4H3. The normalized spacial score (nSPS) is 12.9. The molecule has 1 rings (SSSR count). The lowest BCUT2D eigenvalue weighted by Crippen LogP contribution is -2.26. The van der Waals surface area contributed by atoms with Crippen molar-refractivity contribution >= 4 is 5.78 Å². The molecule has 0 atom stereocenters. The van der Waals surface area contributed by atoms with Crippen molar-refractivity contribution in [2.24, 2.45) is 7.05 Å². The zero-order chi connectivity index (χ0) is 13.4. The number of halogens is 3. The number of carbonyl (C=O) groups is 1. The summed E-state index contributed by atoms with van der Waals surface area (Å²) in [5.74, 6) is -1.74. The molecule has 0 aliphatic rings. The van der Waals surface area contributed by atoms with E-state index < -0.39 is 18.4 Å². The summed E-state index contributed by atoms with van der Waals surface area (Å²) in [6.07, 6.45) is -3.97. The molecule has 0 aliphatic heterocycles. The maximum Gasteiger partial charge on any atom is 0.450 e. The molecule has 17 heavy (non-hydrogen) atoms. The summed E-state index contributed by atoms with van der Waals surface area (Å²) in [4.78, 5) is 11.0. The number of carbonyl (C=O) groups excluding carboxylic acids is 1. The first-order valence-corrected chi connectivity index (χ1v) is 5.15. The molecule has 6 heteroatoms. The Morgan fingerprint density at radius 2 is 1.88 bits per heavy atom. The number of hydrogen-bond donors (Lipinski definition) is 0. The molecule has 0 saturated carbocycles. The second-order valence-electron chi connectivity index (χ2n) is 5.02. The van der Waals surface area contributed by atoms with E-state index in [-0.39, 0.29) is 5.41 Å². The number of aryl methyl sites for hydroxylation is 1. The van der Waals surface area contributed by atoms with E-state index in [0.717, 1.165) is 0 Å². The Kier molecular flexibility index (Phi) is 3.36. The van der Waals surface area contributed by atoms with Gasteiger partial charge in [0.15, 0.2) is 0 Å². The van der Waals surface area contributed by atoms with Gasteiger partial charge in [-0.2, -0.15) is 18.3 Å². The van der Waals surface area contributed by atoms with Gasteiger partial charge in [0.1, 0.15) is 0 Å². The molecule has 0 amide bonds. The maximum atomic E-state index is 12.2. The largest absolute Gasteiger partial charge is 0.450 e. The molecule has 0 aromatic carbocycles. The van der Waals surface area contributed by atoms with Crippen LogP contribution >= 0.6 is 0 Å². The molecule has 0 bridgehead atoms. The number of rotatable bonds is 2. The second-order valence-corrected chi connectivity index (χ2v) is 5.02. The zero-order valence-corrected chi connectivity index (χ0v) is 10.2. The van der Waals surface area contributed by atoms with Gasteiger partial charge in [0.2, 0.25) is 5.78 Å². The van der Waals surface area contributed by atoms with Gasteiger partial charge in [-0.25, -0.2) is 0 Å². The summed E-state index contributed by atoms with van der Waals surface area (Å²) >= 11 is 0. The van der Waals surface area contributed by atoms with Crippen molar-refractivity contribution in [1.29, 1.82) is 0 Å². The third-order valence-electron chi connectivity index (χ3n) is 2.28. The van der Waals surface area contributed by atoms with Crippen LogP contribution in [-0.4, -0.2) is 21.7 Å². The molecule has 0 fully saturated rings. The highest BCUT2D eigenvalue weighted by Gasteiger charge is 2.39. The molecule has 1 aromatic heterocycles. The van der Waals surface area contributed by atoms with Gasteiger partial charge in [0.05, 0.1) is 5.69 Å². The van der Waals surface area contributed by atoms with Gasteiger partial charge in [0, 0.05) is 30.6 Å². The van der Waals surface area contributed by atoms with Crippen LogP contribution in [0.1, 0.15) is 32.0 Å². The summed E-state index contributed by atoms with van der Waals surface area (Å²) in [6.45, 7) is 5.53. The lowest BCUT2D eigenvalue weighted by atomic mass is 9.88. The lowest BCUT2D eigenvalue weighted by Gasteiger charge is -2.17. The van der Waals surface area contributed by atoms with Crippen LogP contribution in [0.2, 0.25) is 0 Å². The van der Waals surface area contributed by atoms with Gasteiger partial charge in [-0.3, -0.25) is 9.48 Å². The molecule has 1 heterocycles. The van der Waals surface area contributed by atoms with Crippen LogP contribution in [-0.2, 0) is 23.7 Å². The fourth-order valence-electron chi connectivity index (χ4n) is 1.57. The Balaban J connectivity index is 3.04. The molecule has 3 nitrogen and oxygen atoms in total. The fraction of sp³-hybridized carbons (Fsp3) is 0.636. The summed E-state index contributed by atoms with van der Waals surface area (Å²) in [6, 6.07) is 0. The number of nitrogens with zero attached hydrogens (tertiary/aromatic N) is 2. The molecule has 0 saturated heterocycles. The maximum absolute atomic E-state index is 12.2. The number of ketones is 1. The van der Waals surface area contributed by atoms with E-state index in [0.29, 0.717) is 11.3 Å². The summed E-state index contributed by atoms with van der Waals surface area (Å²) in [7, 11) is 1.62. The molecule has 0 unspecified atom stereocenters. The highest BCUT2D eigenvalue weighted by Crippen LogP contribution is 2.26. The van der Waals surface area contributed by atoms with Gasteiger partial charge in [-0.1, -0.05) is 20.8 Å². The Morgan fingerprint density at radius 1 is 1.35 bits per heavy atom. The van der Waals surface area contributed by atoms with Gasteiger partial charge in [-0.05, 0) is 0 Å². The average molecular weight is 248 g/mol. The minimum Gasteiger partial charge on any atom is -0.289 e. The Hall–Kier alpha value is -1.33. The minimum absolute atomic E-state index is 0.335. The zero-order valence-electron chi connectivity index (χ0n) is 10.2. The van der Waals surface area contributed by atoms with Crippen LogP contribution in [0.3, 0.4) is 0 Å². The third kappa shape index (κ3) is 3.31. The van der Waals surface area contributed by atoms with Crippen LogP contribution in [0.25, 0.3) is 0 Å². The van der Waals surface area contributed by atoms with Gasteiger partial charge >= 0.3 is 6.18 Å². The van der Waals surface area contributed by atoms with Crippen LogP contribution < -0.4 is 0 Å². The molecular weight excluding hydrogens is 233 g/mol. The van der Waals surface area contributed by atoms with Crippen LogP contribution in [0.15, 0.2) is 6.20 Å². The van der Waals surface area contributed by atoms with Crippen molar-refractivity contribution in [3.05, 3.63) is 17.5 Å². The predicted molar refractivity (Wildman–Crippen MR) is 56.7 cm³/mol. The van der Waals surface area contributed by atoms with E-state index in [1.807, 2.05) is 20.8 Å². The van der Waals surface area contributed by atoms with Crippen molar-refractivity contribution in [2.75, 3.05) is 0 Å². The van der Waals surface area contributed by atoms with Gasteiger partial charge < -0.3 is 0 Å². The third-order valence-corrected chi connectivity index (χ3v) is 2.28. The molecule has 1 aromatic rings. The van der Waals surface area contributed by atoms with Crippen molar-refractivity contribution in [2.45, 2.75) is 38.8 Å². The first-order valence-electron chi connectivity index (χ1n) is 5.15. The van der Waals surface area contributed by atoms with Crippen molar-refractivity contribution in [3.63, 3.8) is 0 Å². The molecular formula is C11H15F3N2O. The van der Waals surface area contributed by atoms with E-state index in [1.54, 1.807) is 7.05 Å². The first-order chi connectivity index (χ1) is 7.51. The van der Waals surface area contributed by atoms with Crippen LogP contribution in [0, 0.1) is 0 Å². The lowest BCUT2D eigenvalue weighted by molar-refractivity contribution is -0.170. The molecule has 96 valence electrons. The molecule has 0 radical (unpaired) electrons. The molecule has 0 N–H and O–H groups in total. The van der Waals surface area contributed by atoms with Gasteiger partial charge in [0.25, 0.3) is 0 Å². The number of hydrogen-bond acceptors (Lipinski definition) is 2. The number of alkyl halides is 3. The summed E-state index contributed by atoms with van der Waals surface area (Å²) in [5.41, 5.74) is 0.475. The van der Waals surface area contributed by atoms with Crippen molar-refractivity contribution < 1.29 is 18.0 Å². The minimum atomic E-state index is -4.79. The second kappa shape index (κ2) is 4.16. The monoisotopic (exact) mass is 248 g/mol. The van der Waals surface area contributed by atoms with E-state index in [1.165, 1.54) is 10.9 Å². The first kappa shape index (κ1) is 13.7. The van der Waals surface area contributed by atoms with E-state index >= 15 is 0 Å². The van der Waals surface area contributed by atoms with Crippen molar-refractivity contribution in [1.82, 2.24) is 9.78 Å². The topological polar surface area (TPSA) is 34.9 Å². The van der Waals surface area contributed by atoms with Crippen LogP contribution in [0.5, 0.6) is 0 Å². The fourth-order valence-corrected chi connectivity index (χ4v) is 1.57. The van der Waals surface area contributed by atoms with E-state index in [4.69, 9.17) is 0 Å². The van der Waals surface area contributed by atoms with Crippen molar-refractivity contribution in [3.8, 4) is 0 Å². The van der Waals surface area contributed by atoms with E-state index in [2.05, 4.69) is 5.10 Å². The summed E-state index contributed by atoms with van der Waals surface area (Å²) < 4.78 is 38.0. The number of aromatic nitrogens is 2. The SMILES string of the molecule is Cn1cc(CC(=O)C(F)(F)F)c(C(C)(C)C)n1. The quantitative estimate of drug-likeness (QED) is 0.805. The highest BCUT2D eigenvalue weighted by molar-refractivity contribution is 5.86. The smallest absolute Gasteiger partial charge is 0.289 e. The van der Waals surface area contributed by atoms with Crippen LogP contribution in [0.4, 0.5) is 13.2 Å². The summed E-state index contributed by atoms with van der Waals surface area (Å²) in [5, 5.41) is 4.11. The molecule has 0 spiro atoms. The Labute approximate surface area is 97.6 Å². The number of Topliss-reactive ketones (excluding diaryl/α,β-unsaturated/α-hetero) is 1. The molecule has 0 aliphatic carbocycles.